The normalized spacial score (nSPS) is 22.3. The topological polar surface area (TPSA) is 55.4 Å². The third kappa shape index (κ3) is 4.74. The molecule has 0 unspecified atom stereocenters. The summed E-state index contributed by atoms with van der Waals surface area (Å²) in [5, 5.41) is 4.32. The summed E-state index contributed by atoms with van der Waals surface area (Å²) in [6, 6.07) is 3.63. The van der Waals surface area contributed by atoms with Gasteiger partial charge in [0, 0.05) is 41.3 Å². The van der Waals surface area contributed by atoms with Gasteiger partial charge in [-0.3, -0.25) is 9.59 Å². The van der Waals surface area contributed by atoms with Crippen LogP contribution in [-0.2, 0) is 9.59 Å². The molecule has 0 radical (unpaired) electrons. The quantitative estimate of drug-likeness (QED) is 0.494. The van der Waals surface area contributed by atoms with Crippen LogP contribution in [0.2, 0.25) is 10.0 Å². The molecule has 0 amide bonds. The van der Waals surface area contributed by atoms with Gasteiger partial charge in [0.25, 0.3) is 0 Å². The standard InChI is InChI=1S/C27H33Cl2NO3/c1-14(2)13-33-25-16(28)7-15(8-17(25)29)22-23-18(9-26(3,4)11-20(23)31)30-19-10-27(5,6)12-21(32)24(19)22/h7-8,14,22,30H,9-13H2,1-6H3. The summed E-state index contributed by atoms with van der Waals surface area (Å²) in [6.07, 6.45) is 2.41. The van der Waals surface area contributed by atoms with Gasteiger partial charge < -0.3 is 10.1 Å². The molecule has 0 aromatic heterocycles. The number of benzene rings is 1. The predicted molar refractivity (Wildman–Crippen MR) is 133 cm³/mol. The number of carbonyl (C=O) groups is 2. The van der Waals surface area contributed by atoms with Gasteiger partial charge in [0.1, 0.15) is 0 Å². The third-order valence-electron chi connectivity index (χ3n) is 6.63. The van der Waals surface area contributed by atoms with E-state index < -0.39 is 5.92 Å². The van der Waals surface area contributed by atoms with Crippen LogP contribution in [0.15, 0.2) is 34.7 Å². The van der Waals surface area contributed by atoms with E-state index in [1.807, 2.05) is 12.1 Å². The van der Waals surface area contributed by atoms with Gasteiger partial charge in [-0.1, -0.05) is 64.7 Å². The van der Waals surface area contributed by atoms with E-state index in [0.29, 0.717) is 52.3 Å². The molecule has 1 aliphatic heterocycles. The van der Waals surface area contributed by atoms with E-state index in [9.17, 15) is 9.59 Å². The number of halogens is 2. The lowest BCUT2D eigenvalue weighted by Crippen LogP contribution is -2.42. The average molecular weight is 490 g/mol. The zero-order valence-corrected chi connectivity index (χ0v) is 21.8. The maximum Gasteiger partial charge on any atom is 0.162 e. The van der Waals surface area contributed by atoms with E-state index in [-0.39, 0.29) is 22.4 Å². The van der Waals surface area contributed by atoms with Gasteiger partial charge in [-0.25, -0.2) is 0 Å². The number of hydrogen-bond donors (Lipinski definition) is 1. The Labute approximate surface area is 206 Å². The first-order valence-electron chi connectivity index (χ1n) is 11.7. The van der Waals surface area contributed by atoms with Crippen LogP contribution in [0, 0.1) is 16.7 Å². The fourth-order valence-corrected chi connectivity index (χ4v) is 5.97. The van der Waals surface area contributed by atoms with Crippen molar-refractivity contribution in [1.29, 1.82) is 0 Å². The van der Waals surface area contributed by atoms with E-state index in [1.54, 1.807) is 0 Å². The molecule has 4 rings (SSSR count). The molecule has 33 heavy (non-hydrogen) atoms. The number of rotatable bonds is 4. The molecule has 0 fully saturated rings. The van der Waals surface area contributed by atoms with E-state index in [4.69, 9.17) is 27.9 Å². The highest BCUT2D eigenvalue weighted by Crippen LogP contribution is 2.52. The van der Waals surface area contributed by atoms with E-state index in [2.05, 4.69) is 46.9 Å². The first kappa shape index (κ1) is 24.3. The van der Waals surface area contributed by atoms with Crippen LogP contribution in [0.3, 0.4) is 0 Å². The molecule has 1 aromatic carbocycles. The number of dihydropyridines is 1. The fourth-order valence-electron chi connectivity index (χ4n) is 5.36. The molecule has 1 heterocycles. The van der Waals surface area contributed by atoms with Gasteiger partial charge >= 0.3 is 0 Å². The minimum Gasteiger partial charge on any atom is -0.490 e. The minimum absolute atomic E-state index is 0.0790. The van der Waals surface area contributed by atoms with Crippen LogP contribution in [0.1, 0.15) is 78.7 Å². The van der Waals surface area contributed by atoms with Crippen molar-refractivity contribution in [3.8, 4) is 5.75 Å². The molecule has 0 bridgehead atoms. The second-order valence-electron chi connectivity index (χ2n) is 11.7. The highest BCUT2D eigenvalue weighted by Gasteiger charge is 2.46. The van der Waals surface area contributed by atoms with Crippen molar-refractivity contribution in [3.63, 3.8) is 0 Å². The maximum atomic E-state index is 13.4. The molecule has 4 nitrogen and oxygen atoms in total. The predicted octanol–water partition coefficient (Wildman–Crippen LogP) is 7.00. The van der Waals surface area contributed by atoms with Crippen molar-refractivity contribution in [2.45, 2.75) is 73.1 Å². The van der Waals surface area contributed by atoms with Gasteiger partial charge in [-0.15, -0.1) is 0 Å². The SMILES string of the molecule is CC(C)COc1c(Cl)cc(C2C3=C(CC(C)(C)CC3=O)NC3=C2C(=O)CC(C)(C)C3)cc1Cl. The van der Waals surface area contributed by atoms with E-state index in [0.717, 1.165) is 29.8 Å². The van der Waals surface area contributed by atoms with Gasteiger partial charge in [-0.2, -0.15) is 0 Å². The molecule has 2 aliphatic carbocycles. The number of carbonyl (C=O) groups excluding carboxylic acids is 2. The number of Topliss-reactive ketones (excluding diaryl/α,β-unsaturated/α-hetero) is 2. The van der Waals surface area contributed by atoms with Crippen LogP contribution < -0.4 is 10.1 Å². The van der Waals surface area contributed by atoms with Gasteiger partial charge in [0.05, 0.1) is 16.7 Å². The second kappa shape index (κ2) is 8.46. The van der Waals surface area contributed by atoms with Crippen molar-refractivity contribution in [2.75, 3.05) is 6.61 Å². The summed E-state index contributed by atoms with van der Waals surface area (Å²) in [4.78, 5) is 26.9. The molecule has 1 aromatic rings. The van der Waals surface area contributed by atoms with Crippen LogP contribution in [0.5, 0.6) is 5.75 Å². The van der Waals surface area contributed by atoms with E-state index >= 15 is 0 Å². The van der Waals surface area contributed by atoms with Crippen molar-refractivity contribution in [3.05, 3.63) is 50.3 Å². The highest BCUT2D eigenvalue weighted by molar-refractivity contribution is 6.37. The number of ether oxygens (including phenoxy) is 1. The Morgan fingerprint density at radius 2 is 1.36 bits per heavy atom. The lowest BCUT2D eigenvalue weighted by Gasteiger charge is -2.44. The maximum absolute atomic E-state index is 13.4. The van der Waals surface area contributed by atoms with Crippen LogP contribution in [0.4, 0.5) is 0 Å². The van der Waals surface area contributed by atoms with Crippen LogP contribution in [-0.4, -0.2) is 18.2 Å². The molecule has 0 saturated heterocycles. The Morgan fingerprint density at radius 1 is 0.909 bits per heavy atom. The summed E-state index contributed by atoms with van der Waals surface area (Å²) < 4.78 is 5.85. The number of hydrogen-bond acceptors (Lipinski definition) is 4. The molecule has 1 N–H and O–H groups in total. The van der Waals surface area contributed by atoms with Crippen molar-refractivity contribution in [2.24, 2.45) is 16.7 Å². The average Bonchev–Trinajstić information content (AvgIpc) is 2.63. The summed E-state index contributed by atoms with van der Waals surface area (Å²) in [6.45, 7) is 13.1. The molecule has 6 heteroatoms. The Balaban J connectivity index is 1.87. The lowest BCUT2D eigenvalue weighted by molar-refractivity contribution is -0.119. The monoisotopic (exact) mass is 489 g/mol. The summed E-state index contributed by atoms with van der Waals surface area (Å²) >= 11 is 13.2. The second-order valence-corrected chi connectivity index (χ2v) is 12.6. The highest BCUT2D eigenvalue weighted by atomic mass is 35.5. The Bertz CT molecular complexity index is 1020. The molecule has 178 valence electrons. The molecule has 0 atom stereocenters. The number of nitrogens with one attached hydrogen (secondary N) is 1. The smallest absolute Gasteiger partial charge is 0.162 e. The summed E-state index contributed by atoms with van der Waals surface area (Å²) in [5.41, 5.74) is 3.72. The van der Waals surface area contributed by atoms with Gasteiger partial charge in [0.15, 0.2) is 17.3 Å². The lowest BCUT2D eigenvalue weighted by atomic mass is 9.64. The number of allylic oxidation sites excluding steroid dienone is 4. The zero-order chi connectivity index (χ0) is 24.3. The molecular weight excluding hydrogens is 457 g/mol. The Kier molecular flexibility index (Phi) is 6.24. The zero-order valence-electron chi connectivity index (χ0n) is 20.3. The Hall–Kier alpha value is -1.78. The van der Waals surface area contributed by atoms with Crippen LogP contribution in [0.25, 0.3) is 0 Å². The van der Waals surface area contributed by atoms with E-state index in [1.165, 1.54) is 0 Å². The molecule has 3 aliphatic rings. The molecule has 0 saturated carbocycles. The van der Waals surface area contributed by atoms with Crippen LogP contribution >= 0.6 is 23.2 Å². The first-order chi connectivity index (χ1) is 15.3. The Morgan fingerprint density at radius 3 is 1.79 bits per heavy atom. The fraction of sp³-hybridized carbons (Fsp3) is 0.556. The van der Waals surface area contributed by atoms with Crippen molar-refractivity contribution < 1.29 is 14.3 Å². The van der Waals surface area contributed by atoms with Crippen molar-refractivity contribution >= 4 is 34.8 Å². The number of ketones is 2. The van der Waals surface area contributed by atoms with Crippen molar-refractivity contribution in [1.82, 2.24) is 5.32 Å². The molecule has 0 spiro atoms. The summed E-state index contributed by atoms with van der Waals surface area (Å²) in [7, 11) is 0. The van der Waals surface area contributed by atoms with Gasteiger partial charge in [0.2, 0.25) is 0 Å². The minimum atomic E-state index is -0.461. The summed E-state index contributed by atoms with van der Waals surface area (Å²) in [5.74, 6) is 0.469. The first-order valence-corrected chi connectivity index (χ1v) is 12.4. The third-order valence-corrected chi connectivity index (χ3v) is 7.20. The molecular formula is C27H33Cl2NO3. The van der Waals surface area contributed by atoms with Gasteiger partial charge in [-0.05, 0) is 47.3 Å². The largest absolute Gasteiger partial charge is 0.490 e.